The van der Waals surface area contributed by atoms with Crippen molar-refractivity contribution >= 4 is 26.0 Å². The first kappa shape index (κ1) is 14.9. The first-order chi connectivity index (χ1) is 8.96. The number of rotatable bonds is 3. The Balaban J connectivity index is 2.47. The zero-order valence-electron chi connectivity index (χ0n) is 9.97. The zero-order valence-corrected chi connectivity index (χ0v) is 12.4. The summed E-state index contributed by atoms with van der Waals surface area (Å²) in [5.74, 6) is -0.905. The van der Waals surface area contributed by atoms with Crippen molar-refractivity contribution < 1.29 is 22.7 Å². The lowest BCUT2D eigenvalue weighted by Crippen LogP contribution is -2.41. The van der Waals surface area contributed by atoms with Gasteiger partial charge in [-0.1, -0.05) is 15.9 Å². The molecule has 1 fully saturated rings. The molecule has 0 saturated carbocycles. The van der Waals surface area contributed by atoms with Crippen LogP contribution in [-0.4, -0.2) is 44.1 Å². The van der Waals surface area contributed by atoms with Gasteiger partial charge in [0.05, 0.1) is 19.8 Å². The third kappa shape index (κ3) is 2.97. The molecule has 5 nitrogen and oxygen atoms in total. The van der Waals surface area contributed by atoms with Crippen LogP contribution in [0.3, 0.4) is 0 Å². The highest BCUT2D eigenvalue weighted by molar-refractivity contribution is 9.10. The molecule has 0 aliphatic carbocycles. The summed E-state index contributed by atoms with van der Waals surface area (Å²) in [5.41, 5.74) is -0.0544. The number of hydrogen-bond donors (Lipinski definition) is 1. The molecule has 1 heterocycles. The highest BCUT2D eigenvalue weighted by atomic mass is 79.9. The Morgan fingerprint density at radius 2 is 2.00 bits per heavy atom. The predicted octanol–water partition coefficient (Wildman–Crippen LogP) is 1.10. The lowest BCUT2D eigenvalue weighted by atomic mass is 10.2. The van der Waals surface area contributed by atoms with E-state index in [1.54, 1.807) is 0 Å². The van der Waals surface area contributed by atoms with Crippen molar-refractivity contribution in [1.29, 1.82) is 0 Å². The van der Waals surface area contributed by atoms with Crippen LogP contribution in [-0.2, 0) is 21.4 Å². The number of nitrogens with zero attached hydrogens (tertiary/aromatic N) is 1. The number of sulfonamides is 1. The Bertz CT molecular complexity index is 572. The number of hydrogen-bond acceptors (Lipinski definition) is 4. The highest BCUT2D eigenvalue weighted by Gasteiger charge is 2.30. The number of benzene rings is 1. The molecule has 1 saturated heterocycles. The quantitative estimate of drug-likeness (QED) is 0.883. The maximum atomic E-state index is 14.1. The molecule has 1 aromatic rings. The summed E-state index contributed by atoms with van der Waals surface area (Å²) < 4.78 is 45.5. The summed E-state index contributed by atoms with van der Waals surface area (Å²) in [6, 6.07) is 2.56. The summed E-state index contributed by atoms with van der Waals surface area (Å²) in [4.78, 5) is -0.423. The maximum Gasteiger partial charge on any atom is 0.246 e. The molecule has 2 rings (SSSR count). The topological polar surface area (TPSA) is 66.8 Å². The summed E-state index contributed by atoms with van der Waals surface area (Å²) in [6.45, 7) is 0.422. The lowest BCUT2D eigenvalue weighted by molar-refractivity contribution is 0.0729. The van der Waals surface area contributed by atoms with Gasteiger partial charge in [0.15, 0.2) is 0 Å². The second-order valence-electron chi connectivity index (χ2n) is 4.05. The molecule has 0 aromatic heterocycles. The largest absolute Gasteiger partial charge is 0.392 e. The number of aliphatic hydroxyl groups is 1. The molecule has 1 aromatic carbocycles. The van der Waals surface area contributed by atoms with Gasteiger partial charge < -0.3 is 9.84 Å². The molecule has 0 bridgehead atoms. The van der Waals surface area contributed by atoms with E-state index in [0.717, 1.165) is 0 Å². The average molecular weight is 354 g/mol. The number of halogens is 2. The first-order valence-corrected chi connectivity index (χ1v) is 7.87. The molecule has 0 radical (unpaired) electrons. The maximum absolute atomic E-state index is 14.1. The minimum atomic E-state index is -3.91. The fourth-order valence-corrected chi connectivity index (χ4v) is 4.05. The van der Waals surface area contributed by atoms with Crippen LogP contribution in [0.15, 0.2) is 21.5 Å². The summed E-state index contributed by atoms with van der Waals surface area (Å²) >= 11 is 3.12. The van der Waals surface area contributed by atoms with Crippen molar-refractivity contribution in [3.05, 3.63) is 28.0 Å². The Hall–Kier alpha value is -0.540. The minimum Gasteiger partial charge on any atom is -0.392 e. The molecule has 1 aliphatic rings. The normalized spacial score (nSPS) is 17.6. The van der Waals surface area contributed by atoms with E-state index >= 15 is 0 Å². The van der Waals surface area contributed by atoms with E-state index in [2.05, 4.69) is 15.9 Å². The van der Waals surface area contributed by atoms with Crippen LogP contribution in [0.4, 0.5) is 4.39 Å². The van der Waals surface area contributed by atoms with Gasteiger partial charge in [0, 0.05) is 23.1 Å². The van der Waals surface area contributed by atoms with Gasteiger partial charge in [0.1, 0.15) is 10.7 Å². The fourth-order valence-electron chi connectivity index (χ4n) is 1.85. The molecule has 0 amide bonds. The molecule has 19 heavy (non-hydrogen) atoms. The second kappa shape index (κ2) is 5.84. The smallest absolute Gasteiger partial charge is 0.246 e. The van der Waals surface area contributed by atoms with Crippen LogP contribution in [0.1, 0.15) is 5.56 Å². The van der Waals surface area contributed by atoms with Gasteiger partial charge >= 0.3 is 0 Å². The Kier molecular flexibility index (Phi) is 4.57. The van der Waals surface area contributed by atoms with Crippen LogP contribution in [0, 0.1) is 5.82 Å². The van der Waals surface area contributed by atoms with Gasteiger partial charge in [-0.05, 0) is 12.1 Å². The SMILES string of the molecule is O=S(=O)(c1cc(Br)cc(CO)c1F)N1CCOCC1. The molecule has 0 spiro atoms. The van der Waals surface area contributed by atoms with Crippen LogP contribution in [0.5, 0.6) is 0 Å². The van der Waals surface area contributed by atoms with E-state index < -0.39 is 27.3 Å². The third-order valence-electron chi connectivity index (χ3n) is 2.84. The van der Waals surface area contributed by atoms with Crippen molar-refractivity contribution in [2.45, 2.75) is 11.5 Å². The Morgan fingerprint density at radius 3 is 2.58 bits per heavy atom. The summed E-state index contributed by atoms with van der Waals surface area (Å²) in [5, 5.41) is 9.05. The van der Waals surface area contributed by atoms with E-state index in [4.69, 9.17) is 9.84 Å². The number of aliphatic hydroxyl groups excluding tert-OH is 1. The van der Waals surface area contributed by atoms with Crippen molar-refractivity contribution in [3.63, 3.8) is 0 Å². The van der Waals surface area contributed by atoms with Crippen LogP contribution >= 0.6 is 15.9 Å². The van der Waals surface area contributed by atoms with Gasteiger partial charge in [-0.15, -0.1) is 0 Å². The zero-order chi connectivity index (χ0) is 14.0. The monoisotopic (exact) mass is 353 g/mol. The number of ether oxygens (including phenoxy) is 1. The fraction of sp³-hybridized carbons (Fsp3) is 0.455. The molecule has 1 N–H and O–H groups in total. The molecule has 1 aliphatic heterocycles. The highest BCUT2D eigenvalue weighted by Crippen LogP contribution is 2.27. The van der Waals surface area contributed by atoms with E-state index in [-0.39, 0.29) is 18.7 Å². The van der Waals surface area contributed by atoms with Crippen LogP contribution in [0.2, 0.25) is 0 Å². The summed E-state index contributed by atoms with van der Waals surface area (Å²) in [6.07, 6.45) is 0. The molecular weight excluding hydrogens is 341 g/mol. The van der Waals surface area contributed by atoms with Crippen molar-refractivity contribution in [2.24, 2.45) is 0 Å². The Labute approximate surface area is 119 Å². The second-order valence-corrected chi connectivity index (χ2v) is 6.87. The van der Waals surface area contributed by atoms with E-state index in [1.807, 2.05) is 0 Å². The van der Waals surface area contributed by atoms with Gasteiger partial charge in [-0.3, -0.25) is 0 Å². The Morgan fingerprint density at radius 1 is 1.37 bits per heavy atom. The van der Waals surface area contributed by atoms with E-state index in [1.165, 1.54) is 16.4 Å². The third-order valence-corrected chi connectivity index (χ3v) is 5.19. The average Bonchev–Trinajstić information content (AvgIpc) is 2.41. The predicted molar refractivity (Wildman–Crippen MR) is 69.6 cm³/mol. The van der Waals surface area contributed by atoms with Gasteiger partial charge in [0.25, 0.3) is 0 Å². The molecule has 8 heteroatoms. The van der Waals surface area contributed by atoms with Gasteiger partial charge in [0.2, 0.25) is 10.0 Å². The van der Waals surface area contributed by atoms with Gasteiger partial charge in [-0.2, -0.15) is 4.31 Å². The molecule has 0 unspecified atom stereocenters. The number of morpholine rings is 1. The van der Waals surface area contributed by atoms with Crippen LogP contribution < -0.4 is 0 Å². The first-order valence-electron chi connectivity index (χ1n) is 5.63. The van der Waals surface area contributed by atoms with Crippen LogP contribution in [0.25, 0.3) is 0 Å². The standard InChI is InChI=1S/C11H13BrFNO4S/c12-9-5-8(7-15)11(13)10(6-9)19(16,17)14-1-3-18-4-2-14/h5-6,15H,1-4,7H2. The molecular formula is C11H13BrFNO4S. The van der Waals surface area contributed by atoms with Crippen molar-refractivity contribution in [2.75, 3.05) is 26.3 Å². The van der Waals surface area contributed by atoms with E-state index in [9.17, 15) is 12.8 Å². The van der Waals surface area contributed by atoms with Crippen molar-refractivity contribution in [3.8, 4) is 0 Å². The minimum absolute atomic E-state index is 0.0544. The summed E-state index contributed by atoms with van der Waals surface area (Å²) in [7, 11) is -3.91. The van der Waals surface area contributed by atoms with Gasteiger partial charge in [-0.25, -0.2) is 12.8 Å². The molecule has 106 valence electrons. The lowest BCUT2D eigenvalue weighted by Gasteiger charge is -2.26. The van der Waals surface area contributed by atoms with Crippen molar-refractivity contribution in [1.82, 2.24) is 4.31 Å². The molecule has 0 atom stereocenters. The van der Waals surface area contributed by atoms with E-state index in [0.29, 0.717) is 17.7 Å².